The van der Waals surface area contributed by atoms with Gasteiger partial charge in [0.25, 0.3) is 5.91 Å². The number of hydrogen-bond acceptors (Lipinski definition) is 5. The van der Waals surface area contributed by atoms with Crippen LogP contribution in [0.3, 0.4) is 0 Å². The number of pyridine rings is 1. The molecule has 3 heterocycles. The van der Waals surface area contributed by atoms with Gasteiger partial charge in [0.05, 0.1) is 17.0 Å². The van der Waals surface area contributed by atoms with Gasteiger partial charge < -0.3 is 4.42 Å². The number of amides is 1. The largest absolute Gasteiger partial charge is 0.457 e. The molecule has 0 bridgehead atoms. The van der Waals surface area contributed by atoms with E-state index in [0.717, 1.165) is 29.5 Å². The number of carbonyl (C=O) groups is 1. The third-order valence-corrected chi connectivity index (χ3v) is 5.69. The molecular weight excluding hydrogens is 433 g/mol. The summed E-state index contributed by atoms with van der Waals surface area (Å²) in [4.78, 5) is 18.6. The molecule has 0 aliphatic carbocycles. The zero-order valence-corrected chi connectivity index (χ0v) is 16.9. The van der Waals surface area contributed by atoms with Crippen LogP contribution in [0.15, 0.2) is 70.2 Å². The summed E-state index contributed by atoms with van der Waals surface area (Å²) in [6, 6.07) is 11.7. The highest BCUT2D eigenvalue weighted by Gasteiger charge is 2.33. The number of nitrogens with zero attached hydrogens (tertiary/aromatic N) is 2. The normalized spacial score (nSPS) is 16.0. The molecule has 0 spiro atoms. The number of hydrogen-bond donors (Lipinski definition) is 0. The van der Waals surface area contributed by atoms with E-state index in [2.05, 4.69) is 4.98 Å². The SMILES string of the molecule is O=C1/C(=C/c2ccc(-c3cccc(C(F)(F)F)c3)o2)SC(=S)N1Cc1cccnc1. The van der Waals surface area contributed by atoms with E-state index in [9.17, 15) is 18.0 Å². The summed E-state index contributed by atoms with van der Waals surface area (Å²) in [5, 5.41) is 0. The van der Waals surface area contributed by atoms with E-state index in [1.165, 1.54) is 17.0 Å². The minimum absolute atomic E-state index is 0.258. The van der Waals surface area contributed by atoms with Crippen molar-refractivity contribution < 1.29 is 22.4 Å². The summed E-state index contributed by atoms with van der Waals surface area (Å²) in [6.07, 6.45) is 0.413. The maximum absolute atomic E-state index is 12.9. The van der Waals surface area contributed by atoms with Crippen molar-refractivity contribution >= 4 is 40.3 Å². The molecule has 152 valence electrons. The molecule has 1 fully saturated rings. The summed E-state index contributed by atoms with van der Waals surface area (Å²) in [5.41, 5.74) is 0.391. The van der Waals surface area contributed by atoms with Crippen molar-refractivity contribution in [1.82, 2.24) is 9.88 Å². The third kappa shape index (κ3) is 4.31. The van der Waals surface area contributed by atoms with E-state index in [1.54, 1.807) is 36.7 Å². The minimum atomic E-state index is -4.44. The van der Waals surface area contributed by atoms with Crippen LogP contribution in [0.1, 0.15) is 16.9 Å². The van der Waals surface area contributed by atoms with Gasteiger partial charge in [-0.25, -0.2) is 0 Å². The fourth-order valence-electron chi connectivity index (χ4n) is 2.87. The Hall–Kier alpha value is -2.91. The zero-order valence-electron chi connectivity index (χ0n) is 15.2. The Bertz CT molecular complexity index is 1140. The summed E-state index contributed by atoms with van der Waals surface area (Å²) in [7, 11) is 0. The van der Waals surface area contributed by atoms with E-state index in [1.807, 2.05) is 6.07 Å². The minimum Gasteiger partial charge on any atom is -0.457 e. The van der Waals surface area contributed by atoms with E-state index >= 15 is 0 Å². The molecule has 0 radical (unpaired) electrons. The molecule has 0 saturated carbocycles. The number of benzene rings is 1. The first-order chi connectivity index (χ1) is 14.3. The second kappa shape index (κ2) is 8.08. The van der Waals surface area contributed by atoms with Crippen LogP contribution in [0.25, 0.3) is 17.4 Å². The van der Waals surface area contributed by atoms with Gasteiger partial charge in [-0.05, 0) is 35.9 Å². The standard InChI is InChI=1S/C21H13F3N2O2S2/c22-21(23,24)15-5-1-4-14(9-15)17-7-6-16(28-17)10-18-19(27)26(20(29)30-18)12-13-3-2-8-25-11-13/h1-11H,12H2/b18-10-. The highest BCUT2D eigenvalue weighted by Crippen LogP contribution is 2.35. The number of halogens is 3. The molecule has 1 aliphatic heterocycles. The number of rotatable bonds is 4. The van der Waals surface area contributed by atoms with E-state index in [0.29, 0.717) is 27.1 Å². The van der Waals surface area contributed by atoms with Gasteiger partial charge in [-0.15, -0.1) is 0 Å². The van der Waals surface area contributed by atoms with Crippen LogP contribution in [-0.4, -0.2) is 20.1 Å². The molecule has 4 nitrogen and oxygen atoms in total. The fourth-order valence-corrected chi connectivity index (χ4v) is 4.11. The van der Waals surface area contributed by atoms with Crippen molar-refractivity contribution in [3.63, 3.8) is 0 Å². The van der Waals surface area contributed by atoms with Crippen molar-refractivity contribution in [2.24, 2.45) is 0 Å². The molecule has 1 aliphatic rings. The van der Waals surface area contributed by atoms with Crippen LogP contribution in [0, 0.1) is 0 Å². The molecule has 3 aromatic rings. The van der Waals surface area contributed by atoms with Crippen LogP contribution < -0.4 is 0 Å². The van der Waals surface area contributed by atoms with Crippen molar-refractivity contribution in [2.75, 3.05) is 0 Å². The Morgan fingerprint density at radius 1 is 1.17 bits per heavy atom. The second-order valence-corrected chi connectivity index (χ2v) is 8.09. The number of furan rings is 1. The molecule has 1 saturated heterocycles. The third-order valence-electron chi connectivity index (χ3n) is 4.31. The van der Waals surface area contributed by atoms with Gasteiger partial charge in [0.2, 0.25) is 0 Å². The highest BCUT2D eigenvalue weighted by atomic mass is 32.2. The Labute approximate surface area is 179 Å². The molecule has 9 heteroatoms. The monoisotopic (exact) mass is 446 g/mol. The first kappa shape index (κ1) is 20.4. The Morgan fingerprint density at radius 2 is 2.00 bits per heavy atom. The number of thiocarbonyl (C=S) groups is 1. The smallest absolute Gasteiger partial charge is 0.416 e. The summed E-state index contributed by atoms with van der Waals surface area (Å²) < 4.78 is 44.9. The molecule has 1 aromatic carbocycles. The summed E-state index contributed by atoms with van der Waals surface area (Å²) >= 11 is 6.46. The van der Waals surface area contributed by atoms with Crippen LogP contribution >= 0.6 is 24.0 Å². The Kier molecular flexibility index (Phi) is 5.48. The first-order valence-corrected chi connectivity index (χ1v) is 9.95. The zero-order chi connectivity index (χ0) is 21.3. The maximum Gasteiger partial charge on any atom is 0.416 e. The lowest BCUT2D eigenvalue weighted by molar-refractivity contribution is -0.137. The van der Waals surface area contributed by atoms with Crippen molar-refractivity contribution in [3.8, 4) is 11.3 Å². The Balaban J connectivity index is 1.55. The quantitative estimate of drug-likeness (QED) is 0.377. The average molecular weight is 446 g/mol. The highest BCUT2D eigenvalue weighted by molar-refractivity contribution is 8.26. The molecule has 30 heavy (non-hydrogen) atoms. The molecule has 4 rings (SSSR count). The molecule has 0 N–H and O–H groups in total. The molecular formula is C21H13F3N2O2S2. The van der Waals surface area contributed by atoms with Gasteiger partial charge >= 0.3 is 6.18 Å². The number of carbonyl (C=O) groups excluding carboxylic acids is 1. The Morgan fingerprint density at radius 3 is 2.73 bits per heavy atom. The first-order valence-electron chi connectivity index (χ1n) is 8.73. The van der Waals surface area contributed by atoms with Gasteiger partial charge in [-0.3, -0.25) is 14.7 Å². The number of aromatic nitrogens is 1. The van der Waals surface area contributed by atoms with Crippen molar-refractivity contribution in [2.45, 2.75) is 12.7 Å². The van der Waals surface area contributed by atoms with Gasteiger partial charge in [-0.1, -0.05) is 42.2 Å². The van der Waals surface area contributed by atoms with Crippen LogP contribution in [0.4, 0.5) is 13.2 Å². The molecule has 0 unspecified atom stereocenters. The van der Waals surface area contributed by atoms with Crippen molar-refractivity contribution in [1.29, 1.82) is 0 Å². The van der Waals surface area contributed by atoms with Gasteiger partial charge in [0.1, 0.15) is 15.8 Å². The molecule has 1 amide bonds. The van der Waals surface area contributed by atoms with Crippen LogP contribution in [-0.2, 0) is 17.5 Å². The topological polar surface area (TPSA) is 46.3 Å². The van der Waals surface area contributed by atoms with Gasteiger partial charge in [0, 0.05) is 24.0 Å². The summed E-state index contributed by atoms with van der Waals surface area (Å²) in [6.45, 7) is 0.309. The summed E-state index contributed by atoms with van der Waals surface area (Å²) in [5.74, 6) is 0.369. The fraction of sp³-hybridized carbons (Fsp3) is 0.0952. The predicted molar refractivity (Wildman–Crippen MR) is 112 cm³/mol. The number of alkyl halides is 3. The van der Waals surface area contributed by atoms with Gasteiger partial charge in [0.15, 0.2) is 0 Å². The van der Waals surface area contributed by atoms with Gasteiger partial charge in [-0.2, -0.15) is 13.2 Å². The molecule has 2 aromatic heterocycles. The lowest BCUT2D eigenvalue weighted by Crippen LogP contribution is -2.27. The van der Waals surface area contributed by atoms with E-state index < -0.39 is 11.7 Å². The van der Waals surface area contributed by atoms with E-state index in [-0.39, 0.29) is 11.7 Å². The molecule has 0 atom stereocenters. The maximum atomic E-state index is 12.9. The number of thioether (sulfide) groups is 1. The average Bonchev–Trinajstić information content (AvgIpc) is 3.29. The van der Waals surface area contributed by atoms with Crippen LogP contribution in [0.5, 0.6) is 0 Å². The lowest BCUT2D eigenvalue weighted by Gasteiger charge is -2.13. The predicted octanol–water partition coefficient (Wildman–Crippen LogP) is 5.76. The van der Waals surface area contributed by atoms with E-state index in [4.69, 9.17) is 16.6 Å². The lowest BCUT2D eigenvalue weighted by atomic mass is 10.1. The van der Waals surface area contributed by atoms with Crippen LogP contribution in [0.2, 0.25) is 0 Å². The van der Waals surface area contributed by atoms with Crippen molar-refractivity contribution in [3.05, 3.63) is 82.7 Å². The second-order valence-electron chi connectivity index (χ2n) is 6.41.